The van der Waals surface area contributed by atoms with Crippen molar-refractivity contribution in [3.05, 3.63) is 18.0 Å². The Hall–Kier alpha value is -1.37. The Balaban J connectivity index is 1.93. The number of aromatic amines is 2. The summed E-state index contributed by atoms with van der Waals surface area (Å²) in [4.78, 5) is 8.13. The first kappa shape index (κ1) is 8.24. The van der Waals surface area contributed by atoms with Gasteiger partial charge in [0.25, 0.3) is 0 Å². The lowest BCUT2D eigenvalue weighted by Gasteiger charge is -1.90. The summed E-state index contributed by atoms with van der Waals surface area (Å²) in [5.41, 5.74) is 0. The van der Waals surface area contributed by atoms with E-state index in [0.717, 1.165) is 16.8 Å². The van der Waals surface area contributed by atoms with Crippen molar-refractivity contribution in [2.24, 2.45) is 0 Å². The normalized spacial score (nSPS) is 10.5. The molecule has 0 atom stereocenters. The van der Waals surface area contributed by atoms with Gasteiger partial charge in [0, 0.05) is 0 Å². The maximum absolute atomic E-state index is 4.16. The fourth-order valence-electron chi connectivity index (χ4n) is 0.850. The average Bonchev–Trinajstić information content (AvgIpc) is 2.71. The molecule has 13 heavy (non-hydrogen) atoms. The third-order valence-electron chi connectivity index (χ3n) is 1.37. The van der Waals surface area contributed by atoms with E-state index in [4.69, 9.17) is 0 Å². The zero-order valence-electron chi connectivity index (χ0n) is 6.98. The molecule has 0 bridgehead atoms. The Morgan fingerprint density at radius 2 is 2.38 bits per heavy atom. The van der Waals surface area contributed by atoms with Crippen LogP contribution < -0.4 is 0 Å². The molecule has 68 valence electrons. The van der Waals surface area contributed by atoms with Gasteiger partial charge in [0.05, 0.1) is 5.75 Å². The Morgan fingerprint density at radius 3 is 3.00 bits per heavy atom. The third-order valence-corrected chi connectivity index (χ3v) is 2.25. The minimum Gasteiger partial charge on any atom is -0.263 e. The van der Waals surface area contributed by atoms with Crippen molar-refractivity contribution < 1.29 is 0 Å². The molecule has 7 heteroatoms. The van der Waals surface area contributed by atoms with E-state index in [0.29, 0.717) is 5.75 Å². The summed E-state index contributed by atoms with van der Waals surface area (Å²) in [6.45, 7) is 1.87. The van der Waals surface area contributed by atoms with E-state index in [9.17, 15) is 0 Å². The minimum absolute atomic E-state index is 0.694. The monoisotopic (exact) mass is 196 g/mol. The van der Waals surface area contributed by atoms with Gasteiger partial charge in [-0.15, -0.1) is 0 Å². The molecular formula is C6H8N6S. The van der Waals surface area contributed by atoms with E-state index < -0.39 is 0 Å². The average molecular weight is 196 g/mol. The standard InChI is InChI=1S/C6H8N6S/c1-4-9-5(11-10-4)2-13-6-7-3-8-12-6/h3H,2H2,1H3,(H,7,8,12)(H,9,10,11). The summed E-state index contributed by atoms with van der Waals surface area (Å²) in [7, 11) is 0. The number of rotatable bonds is 3. The molecule has 0 aliphatic rings. The van der Waals surface area contributed by atoms with Crippen LogP contribution in [0.5, 0.6) is 0 Å². The third kappa shape index (κ3) is 2.05. The Kier molecular flexibility index (Phi) is 2.26. The first-order valence-electron chi connectivity index (χ1n) is 3.70. The van der Waals surface area contributed by atoms with Crippen LogP contribution in [0.25, 0.3) is 0 Å². The van der Waals surface area contributed by atoms with Gasteiger partial charge in [-0.2, -0.15) is 10.2 Å². The van der Waals surface area contributed by atoms with Crippen LogP contribution in [0.15, 0.2) is 11.5 Å². The Labute approximate surface area is 78.6 Å². The lowest BCUT2D eigenvalue weighted by atomic mass is 10.7. The van der Waals surface area contributed by atoms with Crippen molar-refractivity contribution in [1.29, 1.82) is 0 Å². The van der Waals surface area contributed by atoms with Crippen LogP contribution in [0.1, 0.15) is 11.6 Å². The maximum Gasteiger partial charge on any atom is 0.183 e. The molecule has 0 aliphatic carbocycles. The summed E-state index contributed by atoms with van der Waals surface area (Å²) in [5, 5.41) is 14.0. The predicted octanol–water partition coefficient (Wildman–Crippen LogP) is 0.524. The highest BCUT2D eigenvalue weighted by molar-refractivity contribution is 7.98. The number of hydrogen-bond acceptors (Lipinski definition) is 5. The van der Waals surface area contributed by atoms with Crippen LogP contribution in [0.4, 0.5) is 0 Å². The number of nitrogens with one attached hydrogen (secondary N) is 2. The molecule has 0 unspecified atom stereocenters. The second-order valence-electron chi connectivity index (χ2n) is 2.42. The molecule has 0 fully saturated rings. The topological polar surface area (TPSA) is 83.1 Å². The zero-order chi connectivity index (χ0) is 9.10. The molecule has 0 saturated heterocycles. The van der Waals surface area contributed by atoms with E-state index >= 15 is 0 Å². The molecule has 6 nitrogen and oxygen atoms in total. The fourth-order valence-corrected chi connectivity index (χ4v) is 1.48. The van der Waals surface area contributed by atoms with Crippen LogP contribution >= 0.6 is 11.8 Å². The van der Waals surface area contributed by atoms with E-state index in [2.05, 4.69) is 30.4 Å². The maximum atomic E-state index is 4.16. The summed E-state index contributed by atoms with van der Waals surface area (Å²) in [5.74, 6) is 2.30. The van der Waals surface area contributed by atoms with Gasteiger partial charge in [-0.1, -0.05) is 11.8 Å². The van der Waals surface area contributed by atoms with Crippen LogP contribution in [-0.4, -0.2) is 30.4 Å². The molecule has 2 heterocycles. The van der Waals surface area contributed by atoms with E-state index in [1.54, 1.807) is 0 Å². The van der Waals surface area contributed by atoms with Crippen LogP contribution in [0.3, 0.4) is 0 Å². The number of H-pyrrole nitrogens is 2. The molecule has 0 aromatic carbocycles. The van der Waals surface area contributed by atoms with Crippen molar-refractivity contribution in [1.82, 2.24) is 30.4 Å². The minimum atomic E-state index is 0.694. The quantitative estimate of drug-likeness (QED) is 0.699. The first-order chi connectivity index (χ1) is 6.34. The second-order valence-corrected chi connectivity index (χ2v) is 3.38. The van der Waals surface area contributed by atoms with Crippen molar-refractivity contribution in [3.8, 4) is 0 Å². The summed E-state index contributed by atoms with van der Waals surface area (Å²) < 4.78 is 0. The molecule has 0 aliphatic heterocycles. The summed E-state index contributed by atoms with van der Waals surface area (Å²) in [6.07, 6.45) is 1.48. The van der Waals surface area contributed by atoms with Gasteiger partial charge in [-0.05, 0) is 6.92 Å². The van der Waals surface area contributed by atoms with Gasteiger partial charge in [-0.3, -0.25) is 10.2 Å². The van der Waals surface area contributed by atoms with Crippen molar-refractivity contribution in [3.63, 3.8) is 0 Å². The zero-order valence-corrected chi connectivity index (χ0v) is 7.80. The number of aromatic nitrogens is 6. The highest BCUT2D eigenvalue weighted by atomic mass is 32.2. The second kappa shape index (κ2) is 3.56. The van der Waals surface area contributed by atoms with Crippen molar-refractivity contribution in [2.45, 2.75) is 17.8 Å². The van der Waals surface area contributed by atoms with Gasteiger partial charge in [0.15, 0.2) is 11.0 Å². The predicted molar refractivity (Wildman–Crippen MR) is 47.1 cm³/mol. The van der Waals surface area contributed by atoms with Crippen molar-refractivity contribution >= 4 is 11.8 Å². The molecule has 2 aromatic heterocycles. The van der Waals surface area contributed by atoms with Crippen molar-refractivity contribution in [2.75, 3.05) is 0 Å². The van der Waals surface area contributed by atoms with Crippen LogP contribution in [-0.2, 0) is 5.75 Å². The van der Waals surface area contributed by atoms with Gasteiger partial charge < -0.3 is 0 Å². The van der Waals surface area contributed by atoms with E-state index in [1.807, 2.05) is 6.92 Å². The van der Waals surface area contributed by atoms with E-state index in [-0.39, 0.29) is 0 Å². The van der Waals surface area contributed by atoms with E-state index in [1.165, 1.54) is 18.1 Å². The first-order valence-corrected chi connectivity index (χ1v) is 4.69. The number of hydrogen-bond donors (Lipinski definition) is 2. The lowest BCUT2D eigenvalue weighted by molar-refractivity contribution is 0.965. The largest absolute Gasteiger partial charge is 0.263 e. The number of thioether (sulfide) groups is 1. The Morgan fingerprint density at radius 1 is 1.46 bits per heavy atom. The molecule has 2 N–H and O–H groups in total. The molecule has 0 radical (unpaired) electrons. The molecule has 0 spiro atoms. The number of aryl methyl sites for hydroxylation is 1. The SMILES string of the molecule is Cc1nc(CSc2ncn[nH]2)n[nH]1. The van der Waals surface area contributed by atoms with Crippen LogP contribution in [0.2, 0.25) is 0 Å². The van der Waals surface area contributed by atoms with Gasteiger partial charge in [0.1, 0.15) is 12.2 Å². The smallest absolute Gasteiger partial charge is 0.183 e. The Bertz CT molecular complexity index is 366. The fraction of sp³-hybridized carbons (Fsp3) is 0.333. The lowest BCUT2D eigenvalue weighted by Crippen LogP contribution is -1.84. The van der Waals surface area contributed by atoms with Gasteiger partial charge in [0.2, 0.25) is 0 Å². The number of nitrogens with zero attached hydrogens (tertiary/aromatic N) is 4. The summed E-state index contributed by atoms with van der Waals surface area (Å²) in [6, 6.07) is 0. The van der Waals surface area contributed by atoms with Gasteiger partial charge >= 0.3 is 0 Å². The van der Waals surface area contributed by atoms with Crippen LogP contribution in [0, 0.1) is 6.92 Å². The highest BCUT2D eigenvalue weighted by Crippen LogP contribution is 2.15. The summed E-state index contributed by atoms with van der Waals surface area (Å²) >= 11 is 1.52. The molecular weight excluding hydrogens is 188 g/mol. The van der Waals surface area contributed by atoms with Gasteiger partial charge in [-0.25, -0.2) is 9.97 Å². The molecule has 0 saturated carbocycles. The molecule has 2 rings (SSSR count). The highest BCUT2D eigenvalue weighted by Gasteiger charge is 2.02. The molecule has 0 amide bonds. The molecule has 2 aromatic rings.